The fraction of sp³-hybridized carbons (Fsp3) is 0.133. The monoisotopic (exact) mass is 276 g/mol. The lowest BCUT2D eigenvalue weighted by Gasteiger charge is -2.11. The average molecular weight is 277 g/mol. The molecule has 3 nitrogen and oxygen atoms in total. The van der Waals surface area contributed by atoms with Crippen molar-refractivity contribution in [3.8, 4) is 16.9 Å². The molecule has 0 aliphatic heterocycles. The van der Waals surface area contributed by atoms with E-state index in [0.29, 0.717) is 21.9 Å². The number of carboxylic acid groups (broad SMARTS) is 1. The zero-order valence-corrected chi connectivity index (χ0v) is 11.4. The number of hydrogen-bond acceptors (Lipinski definition) is 2. The molecule has 2 rings (SSSR count). The summed E-state index contributed by atoms with van der Waals surface area (Å²) in [4.78, 5) is 11.3. The molecule has 0 spiro atoms. The summed E-state index contributed by atoms with van der Waals surface area (Å²) in [6.45, 7) is 1.85. The Morgan fingerprint density at radius 2 is 1.89 bits per heavy atom. The maximum absolute atomic E-state index is 11.3. The van der Waals surface area contributed by atoms with Crippen molar-refractivity contribution in [3.05, 3.63) is 52.5 Å². The minimum atomic E-state index is -0.974. The maximum Gasteiger partial charge on any atom is 0.336 e. The van der Waals surface area contributed by atoms with Crippen molar-refractivity contribution in [2.75, 3.05) is 7.11 Å². The Hall–Kier alpha value is -2.00. The van der Waals surface area contributed by atoms with Crippen LogP contribution in [-0.2, 0) is 0 Å². The topological polar surface area (TPSA) is 46.5 Å². The minimum absolute atomic E-state index is 0.232. The van der Waals surface area contributed by atoms with Gasteiger partial charge in [-0.15, -0.1) is 0 Å². The Kier molecular flexibility index (Phi) is 3.76. The molecule has 4 heteroatoms. The summed E-state index contributed by atoms with van der Waals surface area (Å²) < 4.78 is 5.15. The maximum atomic E-state index is 11.3. The number of methoxy groups -OCH3 is 1. The second-order valence-electron chi connectivity index (χ2n) is 4.20. The van der Waals surface area contributed by atoms with E-state index in [4.69, 9.17) is 16.3 Å². The van der Waals surface area contributed by atoms with Crippen molar-refractivity contribution >= 4 is 17.6 Å². The molecular formula is C15H13ClO3. The van der Waals surface area contributed by atoms with Gasteiger partial charge in [-0.3, -0.25) is 0 Å². The highest BCUT2D eigenvalue weighted by Crippen LogP contribution is 2.34. The lowest BCUT2D eigenvalue weighted by Crippen LogP contribution is -2.00. The number of carboxylic acids is 1. The van der Waals surface area contributed by atoms with Crippen molar-refractivity contribution < 1.29 is 14.6 Å². The molecule has 0 saturated carbocycles. The van der Waals surface area contributed by atoms with E-state index in [0.717, 1.165) is 5.56 Å². The summed E-state index contributed by atoms with van der Waals surface area (Å²) >= 11 is 6.16. The SMILES string of the molecule is COc1ccc(Cl)c(-c2ccc(C)cc2C(=O)O)c1. The van der Waals surface area contributed by atoms with Gasteiger partial charge in [-0.2, -0.15) is 0 Å². The Morgan fingerprint density at radius 1 is 1.16 bits per heavy atom. The highest BCUT2D eigenvalue weighted by Gasteiger charge is 2.14. The fourth-order valence-electron chi connectivity index (χ4n) is 1.91. The molecule has 0 heterocycles. The second-order valence-corrected chi connectivity index (χ2v) is 4.61. The predicted molar refractivity (Wildman–Crippen MR) is 75.1 cm³/mol. The molecule has 19 heavy (non-hydrogen) atoms. The van der Waals surface area contributed by atoms with E-state index >= 15 is 0 Å². The van der Waals surface area contributed by atoms with Crippen LogP contribution in [0.3, 0.4) is 0 Å². The summed E-state index contributed by atoms with van der Waals surface area (Å²) in [5.74, 6) is -0.339. The first-order chi connectivity index (χ1) is 9.02. The first kappa shape index (κ1) is 13.4. The van der Waals surface area contributed by atoms with Crippen LogP contribution in [0.4, 0.5) is 0 Å². The molecular weight excluding hydrogens is 264 g/mol. The number of rotatable bonds is 3. The molecule has 0 aromatic heterocycles. The van der Waals surface area contributed by atoms with Gasteiger partial charge < -0.3 is 9.84 Å². The number of aromatic carboxylic acids is 1. The summed E-state index contributed by atoms with van der Waals surface area (Å²) in [7, 11) is 1.56. The summed E-state index contributed by atoms with van der Waals surface area (Å²) in [6.07, 6.45) is 0. The van der Waals surface area contributed by atoms with Gasteiger partial charge in [-0.1, -0.05) is 29.3 Å². The van der Waals surface area contributed by atoms with Crippen LogP contribution in [0.25, 0.3) is 11.1 Å². The highest BCUT2D eigenvalue weighted by molar-refractivity contribution is 6.33. The van der Waals surface area contributed by atoms with Crippen LogP contribution < -0.4 is 4.74 Å². The number of hydrogen-bond donors (Lipinski definition) is 1. The fourth-order valence-corrected chi connectivity index (χ4v) is 2.13. The minimum Gasteiger partial charge on any atom is -0.497 e. The molecule has 0 unspecified atom stereocenters. The molecule has 0 fully saturated rings. The molecule has 98 valence electrons. The van der Waals surface area contributed by atoms with E-state index < -0.39 is 5.97 Å². The third-order valence-electron chi connectivity index (χ3n) is 2.87. The smallest absolute Gasteiger partial charge is 0.336 e. The van der Waals surface area contributed by atoms with E-state index in [-0.39, 0.29) is 5.56 Å². The largest absolute Gasteiger partial charge is 0.497 e. The molecule has 0 bridgehead atoms. The number of halogens is 1. The second kappa shape index (κ2) is 5.33. The first-order valence-electron chi connectivity index (χ1n) is 5.71. The lowest BCUT2D eigenvalue weighted by atomic mass is 9.97. The summed E-state index contributed by atoms with van der Waals surface area (Å²) in [5.41, 5.74) is 2.36. The van der Waals surface area contributed by atoms with Gasteiger partial charge in [-0.25, -0.2) is 4.79 Å². The summed E-state index contributed by atoms with van der Waals surface area (Å²) in [6, 6.07) is 10.4. The van der Waals surface area contributed by atoms with Gasteiger partial charge in [0.2, 0.25) is 0 Å². The van der Waals surface area contributed by atoms with Crippen LogP contribution in [0.1, 0.15) is 15.9 Å². The third-order valence-corrected chi connectivity index (χ3v) is 3.20. The van der Waals surface area contributed by atoms with Gasteiger partial charge in [-0.05, 0) is 36.8 Å². The molecule has 0 aliphatic carbocycles. The van der Waals surface area contributed by atoms with Crippen LogP contribution in [-0.4, -0.2) is 18.2 Å². The van der Waals surface area contributed by atoms with Crippen LogP contribution >= 0.6 is 11.6 Å². The van der Waals surface area contributed by atoms with Gasteiger partial charge in [0, 0.05) is 10.6 Å². The predicted octanol–water partition coefficient (Wildman–Crippen LogP) is 4.02. The van der Waals surface area contributed by atoms with Crippen LogP contribution in [0, 0.1) is 6.92 Å². The van der Waals surface area contributed by atoms with Crippen molar-refractivity contribution in [2.24, 2.45) is 0 Å². The average Bonchev–Trinajstić information content (AvgIpc) is 2.39. The lowest BCUT2D eigenvalue weighted by molar-refractivity contribution is 0.0697. The molecule has 0 amide bonds. The molecule has 1 N–H and O–H groups in total. The van der Waals surface area contributed by atoms with Gasteiger partial charge >= 0.3 is 5.97 Å². The van der Waals surface area contributed by atoms with E-state index in [2.05, 4.69) is 0 Å². The van der Waals surface area contributed by atoms with Gasteiger partial charge in [0.15, 0.2) is 0 Å². The standard InChI is InChI=1S/C15H13ClO3/c1-9-3-5-11(13(7-9)15(17)18)12-8-10(19-2)4-6-14(12)16/h3-8H,1-2H3,(H,17,18). The Bertz CT molecular complexity index is 635. The van der Waals surface area contributed by atoms with Gasteiger partial charge in [0.25, 0.3) is 0 Å². The molecule has 0 atom stereocenters. The van der Waals surface area contributed by atoms with E-state index in [1.807, 2.05) is 13.0 Å². The Balaban J connectivity index is 2.67. The molecule has 0 radical (unpaired) electrons. The molecule has 2 aromatic carbocycles. The van der Waals surface area contributed by atoms with Crippen molar-refractivity contribution in [2.45, 2.75) is 6.92 Å². The highest BCUT2D eigenvalue weighted by atomic mass is 35.5. The number of ether oxygens (including phenoxy) is 1. The van der Waals surface area contributed by atoms with Crippen LogP contribution in [0.15, 0.2) is 36.4 Å². The van der Waals surface area contributed by atoms with E-state index in [1.54, 1.807) is 37.4 Å². The third kappa shape index (κ3) is 2.71. The quantitative estimate of drug-likeness (QED) is 0.921. The van der Waals surface area contributed by atoms with Crippen LogP contribution in [0.2, 0.25) is 5.02 Å². The zero-order chi connectivity index (χ0) is 14.0. The molecule has 2 aromatic rings. The molecule has 0 aliphatic rings. The van der Waals surface area contributed by atoms with Crippen molar-refractivity contribution in [1.82, 2.24) is 0 Å². The Labute approximate surface area is 116 Å². The van der Waals surface area contributed by atoms with Crippen LogP contribution in [0.5, 0.6) is 5.75 Å². The first-order valence-corrected chi connectivity index (χ1v) is 6.08. The van der Waals surface area contributed by atoms with E-state index in [1.165, 1.54) is 0 Å². The number of benzene rings is 2. The van der Waals surface area contributed by atoms with Gasteiger partial charge in [0.1, 0.15) is 5.75 Å². The van der Waals surface area contributed by atoms with Gasteiger partial charge in [0.05, 0.1) is 12.7 Å². The van der Waals surface area contributed by atoms with Crippen molar-refractivity contribution in [1.29, 1.82) is 0 Å². The zero-order valence-electron chi connectivity index (χ0n) is 10.6. The normalized spacial score (nSPS) is 10.3. The Morgan fingerprint density at radius 3 is 2.53 bits per heavy atom. The molecule has 0 saturated heterocycles. The van der Waals surface area contributed by atoms with E-state index in [9.17, 15) is 9.90 Å². The van der Waals surface area contributed by atoms with Crippen molar-refractivity contribution in [3.63, 3.8) is 0 Å². The summed E-state index contributed by atoms with van der Waals surface area (Å²) in [5, 5.41) is 9.79. The number of carbonyl (C=O) groups is 1. The number of aryl methyl sites for hydroxylation is 1.